The van der Waals surface area contributed by atoms with Gasteiger partial charge in [-0.05, 0) is 67.6 Å². The SMILES string of the molecule is CCN(c1ccccc1)S(=O)(=O)c1ccc(C(=O)Nc2ccc(OC)cc2)cc1. The number of hydrogen-bond acceptors (Lipinski definition) is 4. The summed E-state index contributed by atoms with van der Waals surface area (Å²) in [7, 11) is -2.16. The number of sulfonamides is 1. The molecule has 0 atom stereocenters. The molecule has 0 aliphatic heterocycles. The van der Waals surface area contributed by atoms with Crippen molar-refractivity contribution in [3.05, 3.63) is 84.4 Å². The highest BCUT2D eigenvalue weighted by atomic mass is 32.2. The number of rotatable bonds is 7. The minimum absolute atomic E-state index is 0.129. The summed E-state index contributed by atoms with van der Waals surface area (Å²) in [4.78, 5) is 12.6. The molecule has 6 nitrogen and oxygen atoms in total. The minimum atomic E-state index is -3.73. The maximum absolute atomic E-state index is 13.0. The van der Waals surface area contributed by atoms with Crippen LogP contribution in [0.4, 0.5) is 11.4 Å². The molecule has 1 amide bonds. The largest absolute Gasteiger partial charge is 0.497 e. The summed E-state index contributed by atoms with van der Waals surface area (Å²) in [5, 5.41) is 2.77. The van der Waals surface area contributed by atoms with Crippen molar-refractivity contribution in [1.82, 2.24) is 0 Å². The number of carbonyl (C=O) groups is 1. The highest BCUT2D eigenvalue weighted by molar-refractivity contribution is 7.92. The van der Waals surface area contributed by atoms with E-state index < -0.39 is 10.0 Å². The van der Waals surface area contributed by atoms with E-state index in [9.17, 15) is 13.2 Å². The summed E-state index contributed by atoms with van der Waals surface area (Å²) in [6.45, 7) is 2.08. The number of para-hydroxylation sites is 1. The third kappa shape index (κ3) is 4.57. The van der Waals surface area contributed by atoms with Crippen LogP contribution in [0.1, 0.15) is 17.3 Å². The molecular weight excluding hydrogens is 388 g/mol. The van der Waals surface area contributed by atoms with E-state index in [1.165, 1.54) is 28.6 Å². The van der Waals surface area contributed by atoms with Gasteiger partial charge in [0.15, 0.2) is 0 Å². The first kappa shape index (κ1) is 20.4. The van der Waals surface area contributed by atoms with E-state index in [1.807, 2.05) is 6.07 Å². The lowest BCUT2D eigenvalue weighted by molar-refractivity contribution is 0.102. The predicted molar refractivity (Wildman–Crippen MR) is 114 cm³/mol. The van der Waals surface area contributed by atoms with Crippen LogP contribution >= 0.6 is 0 Å². The van der Waals surface area contributed by atoms with Crippen molar-refractivity contribution in [2.24, 2.45) is 0 Å². The number of benzene rings is 3. The molecule has 3 aromatic rings. The van der Waals surface area contributed by atoms with E-state index >= 15 is 0 Å². The lowest BCUT2D eigenvalue weighted by atomic mass is 10.2. The molecule has 0 radical (unpaired) electrons. The van der Waals surface area contributed by atoms with Gasteiger partial charge in [-0.3, -0.25) is 9.10 Å². The fourth-order valence-corrected chi connectivity index (χ4v) is 4.34. The van der Waals surface area contributed by atoms with Gasteiger partial charge in [0.1, 0.15) is 5.75 Å². The molecular formula is C22H22N2O4S. The molecule has 3 rings (SSSR count). The highest BCUT2D eigenvalue weighted by Crippen LogP contribution is 2.24. The molecule has 0 bridgehead atoms. The Morgan fingerprint density at radius 1 is 0.931 bits per heavy atom. The molecule has 0 aliphatic carbocycles. The molecule has 29 heavy (non-hydrogen) atoms. The lowest BCUT2D eigenvalue weighted by Crippen LogP contribution is -2.30. The lowest BCUT2D eigenvalue weighted by Gasteiger charge is -2.23. The van der Waals surface area contributed by atoms with Crippen LogP contribution < -0.4 is 14.4 Å². The summed E-state index contributed by atoms with van der Waals surface area (Å²) in [5.74, 6) is 0.367. The molecule has 0 fully saturated rings. The van der Waals surface area contributed by atoms with Crippen molar-refractivity contribution in [3.8, 4) is 5.75 Å². The monoisotopic (exact) mass is 410 g/mol. The zero-order valence-electron chi connectivity index (χ0n) is 16.2. The molecule has 1 N–H and O–H groups in total. The Bertz CT molecular complexity index is 1060. The Morgan fingerprint density at radius 2 is 1.55 bits per heavy atom. The topological polar surface area (TPSA) is 75.7 Å². The van der Waals surface area contributed by atoms with Gasteiger partial charge in [-0.1, -0.05) is 18.2 Å². The van der Waals surface area contributed by atoms with Gasteiger partial charge in [0, 0.05) is 17.8 Å². The summed E-state index contributed by atoms with van der Waals surface area (Å²) in [5.41, 5.74) is 1.58. The van der Waals surface area contributed by atoms with Crippen LogP contribution in [0, 0.1) is 0 Å². The first-order valence-electron chi connectivity index (χ1n) is 9.09. The van der Waals surface area contributed by atoms with Crippen molar-refractivity contribution in [2.75, 3.05) is 23.3 Å². The first-order chi connectivity index (χ1) is 14.0. The Morgan fingerprint density at radius 3 is 2.10 bits per heavy atom. The molecule has 7 heteroatoms. The number of ether oxygens (including phenoxy) is 1. The van der Waals surface area contributed by atoms with Crippen LogP contribution in [0.3, 0.4) is 0 Å². The Hall–Kier alpha value is -3.32. The van der Waals surface area contributed by atoms with Gasteiger partial charge >= 0.3 is 0 Å². The number of anilines is 2. The standard InChI is InChI=1S/C22H22N2O4S/c1-3-24(19-7-5-4-6-8-19)29(26,27)21-15-9-17(10-16-21)22(25)23-18-11-13-20(28-2)14-12-18/h4-16H,3H2,1-2H3,(H,23,25). The average molecular weight is 410 g/mol. The second-order valence-corrected chi connectivity index (χ2v) is 8.07. The zero-order chi connectivity index (χ0) is 20.9. The van der Waals surface area contributed by atoms with Gasteiger partial charge in [-0.25, -0.2) is 8.42 Å². The highest BCUT2D eigenvalue weighted by Gasteiger charge is 2.23. The second kappa shape index (κ2) is 8.79. The predicted octanol–water partition coefficient (Wildman–Crippen LogP) is 4.16. The van der Waals surface area contributed by atoms with Crippen molar-refractivity contribution >= 4 is 27.3 Å². The van der Waals surface area contributed by atoms with Crippen LogP contribution in [0.15, 0.2) is 83.8 Å². The van der Waals surface area contributed by atoms with Gasteiger partial charge in [0.05, 0.1) is 17.7 Å². The molecule has 0 heterocycles. The normalized spacial score (nSPS) is 11.0. The molecule has 150 valence electrons. The molecule has 0 saturated heterocycles. The number of nitrogens with one attached hydrogen (secondary N) is 1. The van der Waals surface area contributed by atoms with E-state index in [0.717, 1.165) is 0 Å². The van der Waals surface area contributed by atoms with E-state index in [0.29, 0.717) is 29.2 Å². The van der Waals surface area contributed by atoms with Gasteiger partial charge in [0.25, 0.3) is 15.9 Å². The third-order valence-electron chi connectivity index (χ3n) is 4.38. The first-order valence-corrected chi connectivity index (χ1v) is 10.5. The summed E-state index contributed by atoms with van der Waals surface area (Å²) >= 11 is 0. The average Bonchev–Trinajstić information content (AvgIpc) is 2.75. The molecule has 3 aromatic carbocycles. The maximum Gasteiger partial charge on any atom is 0.264 e. The van der Waals surface area contributed by atoms with E-state index in [1.54, 1.807) is 62.6 Å². The maximum atomic E-state index is 13.0. The number of nitrogens with zero attached hydrogens (tertiary/aromatic N) is 1. The molecule has 0 aliphatic rings. The smallest absolute Gasteiger partial charge is 0.264 e. The fourth-order valence-electron chi connectivity index (χ4n) is 2.87. The fraction of sp³-hybridized carbons (Fsp3) is 0.136. The van der Waals surface area contributed by atoms with Crippen LogP contribution in [-0.4, -0.2) is 28.0 Å². The van der Waals surface area contributed by atoms with Crippen LogP contribution in [0.2, 0.25) is 0 Å². The molecule has 0 aromatic heterocycles. The number of amides is 1. The summed E-state index contributed by atoms with van der Waals surface area (Å²) in [6.07, 6.45) is 0. The number of hydrogen-bond donors (Lipinski definition) is 1. The van der Waals surface area contributed by atoms with Gasteiger partial charge < -0.3 is 10.1 Å². The van der Waals surface area contributed by atoms with Crippen molar-refractivity contribution in [3.63, 3.8) is 0 Å². The summed E-state index contributed by atoms with van der Waals surface area (Å²) in [6, 6.07) is 21.8. The van der Waals surface area contributed by atoms with Gasteiger partial charge in [-0.2, -0.15) is 0 Å². The van der Waals surface area contributed by atoms with E-state index in [4.69, 9.17) is 4.74 Å². The quantitative estimate of drug-likeness (QED) is 0.635. The van der Waals surface area contributed by atoms with Crippen molar-refractivity contribution < 1.29 is 17.9 Å². The van der Waals surface area contributed by atoms with Crippen LogP contribution in [0.25, 0.3) is 0 Å². The number of carbonyl (C=O) groups excluding carboxylic acids is 1. The van der Waals surface area contributed by atoms with Crippen LogP contribution in [0.5, 0.6) is 5.75 Å². The van der Waals surface area contributed by atoms with E-state index in [2.05, 4.69) is 5.32 Å². The number of methoxy groups -OCH3 is 1. The van der Waals surface area contributed by atoms with Gasteiger partial charge in [0.2, 0.25) is 0 Å². The summed E-state index contributed by atoms with van der Waals surface area (Å²) < 4.78 is 32.4. The van der Waals surface area contributed by atoms with Crippen molar-refractivity contribution in [2.45, 2.75) is 11.8 Å². The minimum Gasteiger partial charge on any atom is -0.497 e. The Labute approximate surface area is 170 Å². The molecule has 0 unspecified atom stereocenters. The zero-order valence-corrected chi connectivity index (χ0v) is 17.0. The van der Waals surface area contributed by atoms with E-state index in [-0.39, 0.29) is 10.8 Å². The Kier molecular flexibility index (Phi) is 6.19. The Balaban J connectivity index is 1.78. The molecule has 0 saturated carbocycles. The third-order valence-corrected chi connectivity index (χ3v) is 6.30. The second-order valence-electron chi connectivity index (χ2n) is 6.21. The van der Waals surface area contributed by atoms with Crippen molar-refractivity contribution in [1.29, 1.82) is 0 Å². The van der Waals surface area contributed by atoms with Crippen LogP contribution in [-0.2, 0) is 10.0 Å². The molecule has 0 spiro atoms. The van der Waals surface area contributed by atoms with Gasteiger partial charge in [-0.15, -0.1) is 0 Å².